The number of aromatic nitrogens is 1. The maximum atomic E-state index is 13.2. The highest BCUT2D eigenvalue weighted by Gasteiger charge is 2.28. The number of fused-ring (bicyclic) bond motifs is 1. The molecule has 2 atom stereocenters. The Labute approximate surface area is 198 Å². The predicted octanol–water partition coefficient (Wildman–Crippen LogP) is 3.10. The van der Waals surface area contributed by atoms with Crippen LogP contribution < -0.4 is 16.4 Å². The Hall–Kier alpha value is -2.97. The van der Waals surface area contributed by atoms with Crippen molar-refractivity contribution in [3.8, 4) is 0 Å². The number of hydrogen-bond donors (Lipinski definition) is 3. The van der Waals surface area contributed by atoms with Crippen molar-refractivity contribution < 1.29 is 9.59 Å². The van der Waals surface area contributed by atoms with E-state index >= 15 is 0 Å². The minimum absolute atomic E-state index is 0.112. The van der Waals surface area contributed by atoms with Crippen molar-refractivity contribution in [3.63, 3.8) is 0 Å². The van der Waals surface area contributed by atoms with Gasteiger partial charge < -0.3 is 16.4 Å². The van der Waals surface area contributed by atoms with Crippen molar-refractivity contribution in [1.82, 2.24) is 20.5 Å². The van der Waals surface area contributed by atoms with Crippen LogP contribution in [0, 0.1) is 0 Å². The first-order valence-electron chi connectivity index (χ1n) is 11.5. The van der Waals surface area contributed by atoms with E-state index in [1.54, 1.807) is 6.20 Å². The van der Waals surface area contributed by atoms with Crippen LogP contribution in [-0.4, -0.2) is 46.9 Å². The maximum Gasteiger partial charge on any atom is 0.243 e. The number of thiazole rings is 1. The second-order valence-corrected chi connectivity index (χ2v) is 9.71. The first-order valence-corrected chi connectivity index (χ1v) is 12.3. The van der Waals surface area contributed by atoms with E-state index in [4.69, 9.17) is 5.73 Å². The van der Waals surface area contributed by atoms with E-state index < -0.39 is 6.04 Å². The van der Waals surface area contributed by atoms with Crippen molar-refractivity contribution in [2.45, 2.75) is 51.2 Å². The summed E-state index contributed by atoms with van der Waals surface area (Å²) in [6.45, 7) is 4.09. The third kappa shape index (κ3) is 5.89. The van der Waals surface area contributed by atoms with Gasteiger partial charge in [-0.1, -0.05) is 48.9 Å². The van der Waals surface area contributed by atoms with Crippen LogP contribution in [0.15, 0.2) is 48.7 Å². The van der Waals surface area contributed by atoms with Crippen LogP contribution in [0.4, 0.5) is 5.13 Å². The molecule has 0 spiro atoms. The van der Waals surface area contributed by atoms with Crippen molar-refractivity contribution in [3.05, 3.63) is 59.1 Å². The van der Waals surface area contributed by atoms with Crippen LogP contribution in [0.1, 0.15) is 36.6 Å². The second-order valence-electron chi connectivity index (χ2n) is 8.56. The Kier molecular flexibility index (Phi) is 7.57. The number of carbonyl (C=O) groups is 2. The lowest BCUT2D eigenvalue weighted by Crippen LogP contribution is -2.54. The maximum absolute atomic E-state index is 13.2. The summed E-state index contributed by atoms with van der Waals surface area (Å²) in [5, 5.41) is 8.66. The Morgan fingerprint density at radius 3 is 2.61 bits per heavy atom. The summed E-state index contributed by atoms with van der Waals surface area (Å²) in [5.74, 6) is -0.326. The molecule has 7 nitrogen and oxygen atoms in total. The summed E-state index contributed by atoms with van der Waals surface area (Å²) in [6, 6.07) is 13.2. The number of nitrogens with zero attached hydrogens (tertiary/aromatic N) is 2. The predicted molar refractivity (Wildman–Crippen MR) is 133 cm³/mol. The molecule has 1 saturated heterocycles. The minimum Gasteiger partial charge on any atom is -0.375 e. The fraction of sp³-hybridized carbons (Fsp3) is 0.400. The molecular formula is C25H31N5O2S. The molecule has 33 heavy (non-hydrogen) atoms. The molecule has 1 aliphatic heterocycles. The fourth-order valence-corrected chi connectivity index (χ4v) is 4.99. The van der Waals surface area contributed by atoms with Crippen LogP contribution in [-0.2, 0) is 22.6 Å². The SMILES string of the molecule is C[C@@H](C(=O)N[C@@H](Cc1cccc2ccccc12)C(=O)NCc1cnc(N)s1)N1CCCCC1. The number of nitrogens with one attached hydrogen (secondary N) is 2. The summed E-state index contributed by atoms with van der Waals surface area (Å²) < 4.78 is 0. The van der Waals surface area contributed by atoms with Gasteiger partial charge in [0, 0.05) is 17.5 Å². The Bertz CT molecular complexity index is 1100. The van der Waals surface area contributed by atoms with E-state index in [9.17, 15) is 9.59 Å². The van der Waals surface area contributed by atoms with E-state index in [0.717, 1.165) is 47.1 Å². The standard InChI is InChI=1S/C25H31N5O2S/c1-17(30-12-5-2-6-13-30)23(31)29-22(24(32)27-15-20-16-28-25(26)33-20)14-19-10-7-9-18-8-3-4-11-21(18)19/h3-4,7-11,16-17,22H,2,5-6,12-15H2,1H3,(H2,26,28)(H,27,32)(H,29,31)/t17-,22-/m0/s1. The summed E-state index contributed by atoms with van der Waals surface area (Å²) in [5.41, 5.74) is 6.73. The van der Waals surface area contributed by atoms with Crippen LogP contribution in [0.2, 0.25) is 0 Å². The van der Waals surface area contributed by atoms with Crippen molar-refractivity contribution in [1.29, 1.82) is 0 Å². The molecule has 1 aromatic heterocycles. The minimum atomic E-state index is -0.680. The van der Waals surface area contributed by atoms with Crippen molar-refractivity contribution >= 4 is 39.1 Å². The van der Waals surface area contributed by atoms with Gasteiger partial charge in [0.25, 0.3) is 0 Å². The molecule has 0 unspecified atom stereocenters. The molecule has 3 aromatic rings. The summed E-state index contributed by atoms with van der Waals surface area (Å²) in [7, 11) is 0. The molecule has 2 amide bonds. The van der Waals surface area contributed by atoms with Gasteiger partial charge in [0.15, 0.2) is 5.13 Å². The molecule has 4 N–H and O–H groups in total. The number of nitrogen functional groups attached to an aromatic ring is 1. The number of piperidine rings is 1. The summed E-state index contributed by atoms with van der Waals surface area (Å²) >= 11 is 1.34. The molecule has 4 rings (SSSR count). The Balaban J connectivity index is 1.51. The van der Waals surface area contributed by atoms with E-state index in [0.29, 0.717) is 18.1 Å². The Morgan fingerprint density at radius 2 is 1.85 bits per heavy atom. The van der Waals surface area contributed by atoms with E-state index in [1.807, 2.05) is 31.2 Å². The molecule has 0 aliphatic carbocycles. The smallest absolute Gasteiger partial charge is 0.243 e. The lowest BCUT2D eigenvalue weighted by atomic mass is 9.98. The number of anilines is 1. The quantitative estimate of drug-likeness (QED) is 0.475. The molecule has 0 saturated carbocycles. The van der Waals surface area contributed by atoms with E-state index in [-0.39, 0.29) is 17.9 Å². The van der Waals surface area contributed by atoms with Crippen molar-refractivity contribution in [2.24, 2.45) is 0 Å². The number of benzene rings is 2. The van der Waals surface area contributed by atoms with Crippen LogP contribution >= 0.6 is 11.3 Å². The normalized spacial score (nSPS) is 16.3. The monoisotopic (exact) mass is 465 g/mol. The molecule has 1 aliphatic rings. The summed E-state index contributed by atoms with van der Waals surface area (Å²) in [4.78, 5) is 33.5. The third-order valence-electron chi connectivity index (χ3n) is 6.26. The number of rotatable bonds is 8. The highest BCUT2D eigenvalue weighted by molar-refractivity contribution is 7.15. The van der Waals surface area contributed by atoms with Gasteiger partial charge in [-0.05, 0) is 49.2 Å². The first-order chi connectivity index (χ1) is 16.0. The number of hydrogen-bond acceptors (Lipinski definition) is 6. The van der Waals surface area contributed by atoms with Crippen LogP contribution in [0.3, 0.4) is 0 Å². The zero-order valence-corrected chi connectivity index (χ0v) is 19.7. The fourth-order valence-electron chi connectivity index (χ4n) is 4.37. The molecule has 1 fully saturated rings. The lowest BCUT2D eigenvalue weighted by molar-refractivity contribution is -0.132. The van der Waals surface area contributed by atoms with E-state index in [1.165, 1.54) is 17.8 Å². The van der Waals surface area contributed by atoms with Gasteiger partial charge in [-0.15, -0.1) is 11.3 Å². The molecule has 0 radical (unpaired) electrons. The highest BCUT2D eigenvalue weighted by Crippen LogP contribution is 2.20. The molecule has 8 heteroatoms. The average Bonchev–Trinajstić information content (AvgIpc) is 3.27. The number of carbonyl (C=O) groups excluding carboxylic acids is 2. The Morgan fingerprint density at radius 1 is 1.09 bits per heavy atom. The first kappa shape index (κ1) is 23.2. The number of nitrogens with two attached hydrogens (primary N) is 1. The van der Waals surface area contributed by atoms with Crippen LogP contribution in [0.5, 0.6) is 0 Å². The zero-order valence-electron chi connectivity index (χ0n) is 18.9. The number of likely N-dealkylation sites (tertiary alicyclic amines) is 1. The van der Waals surface area contributed by atoms with Gasteiger partial charge in [0.05, 0.1) is 12.6 Å². The van der Waals surface area contributed by atoms with Gasteiger partial charge in [-0.3, -0.25) is 14.5 Å². The topological polar surface area (TPSA) is 100 Å². The van der Waals surface area contributed by atoms with Gasteiger partial charge >= 0.3 is 0 Å². The van der Waals surface area contributed by atoms with Gasteiger partial charge in [-0.2, -0.15) is 0 Å². The molecule has 0 bridgehead atoms. The second kappa shape index (κ2) is 10.8. The van der Waals surface area contributed by atoms with Crippen LogP contribution in [0.25, 0.3) is 10.8 Å². The molecule has 174 valence electrons. The average molecular weight is 466 g/mol. The van der Waals surface area contributed by atoms with Gasteiger partial charge in [0.1, 0.15) is 6.04 Å². The number of amides is 2. The molecule has 2 aromatic carbocycles. The largest absolute Gasteiger partial charge is 0.375 e. The zero-order chi connectivity index (χ0) is 23.2. The van der Waals surface area contributed by atoms with Gasteiger partial charge in [-0.25, -0.2) is 4.98 Å². The lowest BCUT2D eigenvalue weighted by Gasteiger charge is -2.32. The third-order valence-corrected chi connectivity index (χ3v) is 7.09. The molecule has 2 heterocycles. The molecular weight excluding hydrogens is 434 g/mol. The summed E-state index contributed by atoms with van der Waals surface area (Å²) in [6.07, 6.45) is 5.50. The van der Waals surface area contributed by atoms with Gasteiger partial charge in [0.2, 0.25) is 11.8 Å². The van der Waals surface area contributed by atoms with Crippen molar-refractivity contribution in [2.75, 3.05) is 18.8 Å². The van der Waals surface area contributed by atoms with E-state index in [2.05, 4.69) is 38.7 Å². The highest BCUT2D eigenvalue weighted by atomic mass is 32.1.